The number of carbonyl (C=O) groups is 15. The third-order valence-corrected chi connectivity index (χ3v) is 17.8. The van der Waals surface area contributed by atoms with Crippen LogP contribution in [-0.2, 0) is 91.2 Å². The van der Waals surface area contributed by atoms with Crippen molar-refractivity contribution >= 4 is 117 Å². The van der Waals surface area contributed by atoms with Gasteiger partial charge in [0, 0.05) is 106 Å². The van der Waals surface area contributed by atoms with Crippen molar-refractivity contribution in [2.24, 2.45) is 23.3 Å². The fourth-order valence-corrected chi connectivity index (χ4v) is 11.9. The highest BCUT2D eigenvalue weighted by Gasteiger charge is 2.35. The Balaban J connectivity index is 1.20. The van der Waals surface area contributed by atoms with E-state index in [0.29, 0.717) is 33.5 Å². The maximum absolute atomic E-state index is 14.4. The molecule has 1 saturated heterocycles. The van der Waals surface area contributed by atoms with E-state index in [-0.39, 0.29) is 135 Å². The number of anilines is 1. The number of nitrogens with two attached hydrogens (primary N) is 2. The normalized spacial score (nSPS) is 15.4. The van der Waals surface area contributed by atoms with E-state index in [9.17, 15) is 87.2 Å². The highest BCUT2D eigenvalue weighted by Crippen LogP contribution is 2.20. The van der Waals surface area contributed by atoms with Crippen molar-refractivity contribution in [1.29, 1.82) is 0 Å². The van der Waals surface area contributed by atoms with E-state index in [2.05, 4.69) is 68.1 Å². The Morgan fingerprint density at radius 2 is 1.06 bits per heavy atom. The molecular formula is C69H101N19O18S. The number of imidazole rings is 1. The maximum Gasteiger partial charge on any atom is 0.317 e. The van der Waals surface area contributed by atoms with Crippen molar-refractivity contribution in [3.8, 4) is 0 Å². The second-order valence-electron chi connectivity index (χ2n) is 26.7. The van der Waals surface area contributed by atoms with Gasteiger partial charge >= 0.3 is 17.9 Å². The summed E-state index contributed by atoms with van der Waals surface area (Å²) in [6.07, 6.45) is 5.38. The highest BCUT2D eigenvalue weighted by molar-refractivity contribution is 7.98. The topological polar surface area (TPSA) is 547 Å². The zero-order valence-electron chi connectivity index (χ0n) is 60.9. The van der Waals surface area contributed by atoms with Crippen molar-refractivity contribution in [3.63, 3.8) is 0 Å². The molecule has 19 N–H and O–H groups in total. The Morgan fingerprint density at radius 1 is 0.533 bits per heavy atom. The third kappa shape index (κ3) is 32.0. The van der Waals surface area contributed by atoms with Crippen LogP contribution in [0.1, 0.15) is 77.1 Å². The molecule has 5 rings (SSSR count). The molecule has 586 valence electrons. The van der Waals surface area contributed by atoms with E-state index in [0.717, 1.165) is 0 Å². The highest BCUT2D eigenvalue weighted by atomic mass is 32.2. The zero-order chi connectivity index (χ0) is 78.9. The van der Waals surface area contributed by atoms with Crippen LogP contribution in [0.3, 0.4) is 0 Å². The molecule has 1 aliphatic rings. The molecule has 1 fully saturated rings. The van der Waals surface area contributed by atoms with Gasteiger partial charge in [0.05, 0.1) is 52.0 Å². The molecule has 0 saturated carbocycles. The number of hydrogen-bond acceptors (Lipinski definition) is 21. The molecule has 0 radical (unpaired) electrons. The van der Waals surface area contributed by atoms with E-state index in [1.54, 1.807) is 63.9 Å². The van der Waals surface area contributed by atoms with Crippen LogP contribution in [0.2, 0.25) is 0 Å². The van der Waals surface area contributed by atoms with E-state index in [4.69, 9.17) is 11.5 Å². The number of carboxylic acid groups (broad SMARTS) is 3. The summed E-state index contributed by atoms with van der Waals surface area (Å²) in [6, 6.07) is 4.10. The van der Waals surface area contributed by atoms with Crippen LogP contribution in [-0.4, -0.2) is 285 Å². The lowest BCUT2D eigenvalue weighted by Gasteiger charge is -2.32. The van der Waals surface area contributed by atoms with Gasteiger partial charge in [-0.25, -0.2) is 4.98 Å². The van der Waals surface area contributed by atoms with Gasteiger partial charge in [-0.15, -0.1) is 0 Å². The molecule has 3 heterocycles. The molecule has 0 aliphatic carbocycles. The molecule has 107 heavy (non-hydrogen) atoms. The Kier molecular flexibility index (Phi) is 36.1. The molecule has 0 bridgehead atoms. The smallest absolute Gasteiger partial charge is 0.317 e. The molecule has 7 atom stereocenters. The number of nitrogens with one attached hydrogen (secondary N) is 12. The summed E-state index contributed by atoms with van der Waals surface area (Å²) < 4.78 is 0. The number of aromatic nitrogens is 3. The van der Waals surface area contributed by atoms with Gasteiger partial charge in [-0.1, -0.05) is 58.0 Å². The van der Waals surface area contributed by atoms with Gasteiger partial charge < -0.3 is 89.9 Å². The van der Waals surface area contributed by atoms with Crippen LogP contribution in [0.4, 0.5) is 5.69 Å². The van der Waals surface area contributed by atoms with Gasteiger partial charge in [0.2, 0.25) is 70.9 Å². The predicted octanol–water partition coefficient (Wildman–Crippen LogP) is -3.82. The number of hydrogen-bond donors (Lipinski definition) is 17. The standard InChI is InChI=1S/C69H101N19O18S/c1-40(2)27-51(67(104)81-49(63(71)100)17-26-107-6)82-68(105)53(30-46-32-72-39-76-46)80-57(92)34-75-69(106)62(41(3)4)84-64(101)42(5)77-66(103)52(29-44-31-73-48-10-8-7-9-47(44)48)83-65(102)50(15-16-54(70)89)79-55(90)28-43-11-13-45(14-12-43)78-56(91)33-74-58(93)35-85-18-20-86(36-59(94)95)22-24-88(38-61(98)99)25-23-87(21-19-85)37-60(96)97/h7-14,31-32,39-42,49-53,62,73H,15-30,33-38H2,1-6H3,(H2,70,89)(H2,71,100)(H,72,76)(H,74,93)(H,75,106)(H,77,103)(H,78,91)(H,79,90)(H,80,92)(H,81,104)(H,82,105)(H,83,102)(H,84,101)(H,94,95)(H,96,97)(H,98,99)/t42-,49-,50?,51-,52-,53-,62-/m0/s1. The number of rotatable bonds is 42. The molecule has 2 aromatic carbocycles. The summed E-state index contributed by atoms with van der Waals surface area (Å²) in [7, 11) is 0. The summed E-state index contributed by atoms with van der Waals surface area (Å²) in [4.78, 5) is 214. The SMILES string of the molecule is CSCC[C@H](NC(=O)[C@H](CC(C)C)NC(=O)[C@H](Cc1cnc[nH]1)NC(=O)CNC(=O)[C@@H](NC(=O)[C@H](C)NC(=O)[C@H](Cc1c[nH]c2ccccc12)NC(=O)C(CCC(N)=O)NC(=O)Cc1ccc(NC(=O)CNC(=O)CN2CCN(CC(=O)O)CCN(CC(=O)O)CCN(CC(=O)O)CC2)cc1)C(C)C)C(N)=O. The Morgan fingerprint density at radius 3 is 1.60 bits per heavy atom. The van der Waals surface area contributed by atoms with Gasteiger partial charge in [0.25, 0.3) is 0 Å². The summed E-state index contributed by atoms with van der Waals surface area (Å²) in [5.74, 6) is -12.6. The quantitative estimate of drug-likeness (QED) is 0.0202. The van der Waals surface area contributed by atoms with Crippen LogP contribution in [0.25, 0.3) is 10.9 Å². The summed E-state index contributed by atoms with van der Waals surface area (Å²) >= 11 is 1.45. The van der Waals surface area contributed by atoms with Gasteiger partial charge in [-0.05, 0) is 79.4 Å². The number of aliphatic carboxylic acids is 3. The molecule has 12 amide bonds. The van der Waals surface area contributed by atoms with Crippen LogP contribution < -0.4 is 64.6 Å². The lowest BCUT2D eigenvalue weighted by molar-refractivity contribution is -0.140. The second-order valence-corrected chi connectivity index (χ2v) is 27.7. The number of para-hydroxylation sites is 1. The number of fused-ring (bicyclic) bond motifs is 1. The van der Waals surface area contributed by atoms with Crippen LogP contribution in [0, 0.1) is 11.8 Å². The number of carboxylic acids is 3. The van der Waals surface area contributed by atoms with Gasteiger partial charge in [-0.2, -0.15) is 11.8 Å². The summed E-state index contributed by atoms with van der Waals surface area (Å²) in [5, 5.41) is 55.3. The molecule has 1 unspecified atom stereocenters. The summed E-state index contributed by atoms with van der Waals surface area (Å²) in [6.45, 7) is 7.23. The zero-order valence-corrected chi connectivity index (χ0v) is 61.7. The number of benzene rings is 2. The number of amides is 12. The van der Waals surface area contributed by atoms with Crippen molar-refractivity contribution in [3.05, 3.63) is 84.1 Å². The third-order valence-electron chi connectivity index (χ3n) is 17.1. The lowest BCUT2D eigenvalue weighted by atomic mass is 10.0. The molecule has 0 spiro atoms. The molecular weight excluding hydrogens is 1410 g/mol. The van der Waals surface area contributed by atoms with E-state index < -0.39 is 150 Å². The number of carbonyl (C=O) groups excluding carboxylic acids is 12. The first-order valence-electron chi connectivity index (χ1n) is 34.9. The molecule has 37 nitrogen and oxygen atoms in total. The predicted molar refractivity (Wildman–Crippen MR) is 392 cm³/mol. The van der Waals surface area contributed by atoms with Crippen molar-refractivity contribution in [2.75, 3.05) is 109 Å². The molecule has 2 aromatic heterocycles. The Hall–Kier alpha value is -10.6. The van der Waals surface area contributed by atoms with Crippen molar-refractivity contribution < 1.29 is 87.2 Å². The van der Waals surface area contributed by atoms with Crippen LogP contribution >= 0.6 is 11.8 Å². The maximum atomic E-state index is 14.4. The first-order valence-corrected chi connectivity index (χ1v) is 36.3. The van der Waals surface area contributed by atoms with Crippen molar-refractivity contribution in [2.45, 2.75) is 122 Å². The minimum Gasteiger partial charge on any atom is -0.480 e. The first-order chi connectivity index (χ1) is 50.7. The van der Waals surface area contributed by atoms with Crippen LogP contribution in [0.15, 0.2) is 67.3 Å². The van der Waals surface area contributed by atoms with E-state index >= 15 is 0 Å². The largest absolute Gasteiger partial charge is 0.480 e. The van der Waals surface area contributed by atoms with E-state index in [1.807, 2.05) is 20.1 Å². The van der Waals surface area contributed by atoms with Gasteiger partial charge in [0.1, 0.15) is 42.3 Å². The number of aromatic amines is 2. The average Bonchev–Trinajstić information content (AvgIpc) is 1.70. The minimum atomic E-state index is -1.45. The number of thioether (sulfide) groups is 1. The van der Waals surface area contributed by atoms with Gasteiger partial charge in [0.15, 0.2) is 0 Å². The number of primary amides is 2. The molecule has 4 aromatic rings. The molecule has 1 aliphatic heterocycles. The number of H-pyrrole nitrogens is 2. The summed E-state index contributed by atoms with van der Waals surface area (Å²) in [5.41, 5.74) is 13.5. The first kappa shape index (κ1) is 87.1. The van der Waals surface area contributed by atoms with E-state index in [1.165, 1.54) is 55.5 Å². The fourth-order valence-electron chi connectivity index (χ4n) is 11.4. The minimum absolute atomic E-state index is 0.108. The Labute approximate surface area is 622 Å². The lowest BCUT2D eigenvalue weighted by Crippen LogP contribution is -2.59. The second kappa shape index (κ2) is 44.4. The van der Waals surface area contributed by atoms with Crippen LogP contribution in [0.5, 0.6) is 0 Å². The monoisotopic (exact) mass is 1520 g/mol. The fraction of sp³-hybridized carbons (Fsp3) is 0.536. The molecule has 38 heteroatoms. The number of nitrogens with zero attached hydrogens (tertiary/aromatic N) is 5. The average molecular weight is 1520 g/mol. The van der Waals surface area contributed by atoms with Crippen molar-refractivity contribution in [1.82, 2.24) is 82.4 Å². The van der Waals surface area contributed by atoms with Gasteiger partial charge in [-0.3, -0.25) is 91.5 Å². The Bertz CT molecular complexity index is 3680.